The predicted octanol–water partition coefficient (Wildman–Crippen LogP) is 6.07. The fourth-order valence-corrected chi connectivity index (χ4v) is 6.35. The number of nitrogens with one attached hydrogen (secondary N) is 1. The summed E-state index contributed by atoms with van der Waals surface area (Å²) >= 11 is 3.28. The molecule has 0 aliphatic heterocycles. The number of thioether (sulfide) groups is 1. The zero-order valence-electron chi connectivity index (χ0n) is 19.6. The fourth-order valence-electron chi connectivity index (χ4n) is 4.28. The van der Waals surface area contributed by atoms with Crippen LogP contribution in [0.25, 0.3) is 10.7 Å². The van der Waals surface area contributed by atoms with Gasteiger partial charge in [-0.25, -0.2) is 0 Å². The molecule has 3 atom stereocenters. The molecule has 4 rings (SSSR count). The number of nitrogens with zero attached hydrogens (tertiary/aromatic N) is 3. The van der Waals surface area contributed by atoms with Crippen LogP contribution in [0.1, 0.15) is 55.7 Å². The highest BCUT2D eigenvalue weighted by atomic mass is 32.2. The van der Waals surface area contributed by atoms with Gasteiger partial charge >= 0.3 is 0 Å². The van der Waals surface area contributed by atoms with E-state index < -0.39 is 0 Å². The average Bonchev–Trinajstić information content (AvgIpc) is 3.43. The molecule has 0 fully saturated rings. The standard InChI is InChI=1S/C26H32N4OS2/c1-5-14-30-24(23-16-21-15-19(6-2)12-13-22(21)33-23)28-29-26(30)32-18(4)25(31)27-17(3)20-10-8-7-9-11-20/h5,7-11,16-19H,1,6,12-15H2,2-4H3,(H,27,31)/t17-,18+,19-/m0/s1. The number of allylic oxidation sites excluding steroid dienone is 1. The topological polar surface area (TPSA) is 59.8 Å². The second-order valence-corrected chi connectivity index (χ2v) is 11.1. The van der Waals surface area contributed by atoms with E-state index in [-0.39, 0.29) is 17.2 Å². The number of rotatable bonds is 9. The molecule has 0 bridgehead atoms. The normalized spacial score (nSPS) is 17.2. The summed E-state index contributed by atoms with van der Waals surface area (Å²) in [5, 5.41) is 12.6. The highest BCUT2D eigenvalue weighted by Gasteiger charge is 2.25. The van der Waals surface area contributed by atoms with Crippen LogP contribution in [0, 0.1) is 5.92 Å². The van der Waals surface area contributed by atoms with Crippen molar-refractivity contribution >= 4 is 29.0 Å². The molecule has 2 aromatic heterocycles. The molecule has 1 amide bonds. The molecule has 0 saturated carbocycles. The van der Waals surface area contributed by atoms with Gasteiger partial charge in [0.15, 0.2) is 11.0 Å². The minimum absolute atomic E-state index is 0.0109. The number of carbonyl (C=O) groups is 1. The molecule has 2 heterocycles. The van der Waals surface area contributed by atoms with Gasteiger partial charge in [-0.15, -0.1) is 28.1 Å². The monoisotopic (exact) mass is 480 g/mol. The van der Waals surface area contributed by atoms with Crippen molar-refractivity contribution in [2.45, 2.75) is 69.4 Å². The highest BCUT2D eigenvalue weighted by Crippen LogP contribution is 2.38. The molecule has 0 spiro atoms. The van der Waals surface area contributed by atoms with Gasteiger partial charge in [0.2, 0.25) is 5.91 Å². The smallest absolute Gasteiger partial charge is 0.233 e. The average molecular weight is 481 g/mol. The molecule has 1 N–H and O–H groups in total. The lowest BCUT2D eigenvalue weighted by molar-refractivity contribution is -0.120. The van der Waals surface area contributed by atoms with Crippen LogP contribution in [0.2, 0.25) is 0 Å². The Bertz CT molecular complexity index is 1100. The first kappa shape index (κ1) is 23.8. The lowest BCUT2D eigenvalue weighted by Gasteiger charge is -2.19. The van der Waals surface area contributed by atoms with Crippen LogP contribution in [0.3, 0.4) is 0 Å². The Labute approximate surface area is 204 Å². The summed E-state index contributed by atoms with van der Waals surface area (Å²) in [5.74, 6) is 1.65. The molecular formula is C26H32N4OS2. The molecule has 5 nitrogen and oxygen atoms in total. The van der Waals surface area contributed by atoms with Gasteiger partial charge in [0, 0.05) is 11.4 Å². The van der Waals surface area contributed by atoms with Crippen LogP contribution < -0.4 is 5.32 Å². The minimum atomic E-state index is -0.293. The van der Waals surface area contributed by atoms with Crippen molar-refractivity contribution < 1.29 is 4.79 Å². The third kappa shape index (κ3) is 5.41. The lowest BCUT2D eigenvalue weighted by atomic mass is 9.87. The molecule has 33 heavy (non-hydrogen) atoms. The molecule has 0 radical (unpaired) electrons. The van der Waals surface area contributed by atoms with E-state index in [2.05, 4.69) is 39.7 Å². The van der Waals surface area contributed by atoms with Crippen molar-refractivity contribution in [1.82, 2.24) is 20.1 Å². The van der Waals surface area contributed by atoms with Gasteiger partial charge < -0.3 is 5.32 Å². The SMILES string of the molecule is C=CCn1c(S[C@H](C)C(=O)N[C@@H](C)c2ccccc2)nnc1-c1cc2c(s1)CC[C@H](CC)C2. The number of amides is 1. The molecule has 0 unspecified atom stereocenters. The number of fused-ring (bicyclic) bond motifs is 1. The van der Waals surface area contributed by atoms with Crippen LogP contribution in [-0.4, -0.2) is 25.9 Å². The number of hydrogen-bond donors (Lipinski definition) is 1. The maximum atomic E-state index is 12.9. The molecular weight excluding hydrogens is 448 g/mol. The molecule has 0 saturated heterocycles. The van der Waals surface area contributed by atoms with E-state index in [1.54, 1.807) is 0 Å². The zero-order valence-corrected chi connectivity index (χ0v) is 21.2. The third-order valence-corrected chi connectivity index (χ3v) is 8.63. The third-order valence-electron chi connectivity index (χ3n) is 6.32. The van der Waals surface area contributed by atoms with Crippen LogP contribution in [0.4, 0.5) is 0 Å². The molecule has 1 aromatic carbocycles. The van der Waals surface area contributed by atoms with Crippen molar-refractivity contribution in [2.24, 2.45) is 5.92 Å². The van der Waals surface area contributed by atoms with Crippen molar-refractivity contribution in [2.75, 3.05) is 0 Å². The first-order valence-electron chi connectivity index (χ1n) is 11.7. The molecule has 174 valence electrons. The van der Waals surface area contributed by atoms with Gasteiger partial charge in [-0.05, 0) is 56.2 Å². The molecule has 3 aromatic rings. The molecule has 1 aliphatic rings. The second-order valence-electron chi connectivity index (χ2n) is 8.68. The first-order valence-corrected chi connectivity index (χ1v) is 13.4. The number of hydrogen-bond acceptors (Lipinski definition) is 5. The Morgan fingerprint density at radius 1 is 1.33 bits per heavy atom. The maximum Gasteiger partial charge on any atom is 0.233 e. The fraction of sp³-hybridized carbons (Fsp3) is 0.423. The number of benzene rings is 1. The van der Waals surface area contributed by atoms with Gasteiger partial charge in [-0.1, -0.05) is 61.5 Å². The summed E-state index contributed by atoms with van der Waals surface area (Å²) in [7, 11) is 0. The van der Waals surface area contributed by atoms with E-state index in [0.29, 0.717) is 6.54 Å². The van der Waals surface area contributed by atoms with Crippen molar-refractivity contribution in [3.63, 3.8) is 0 Å². The van der Waals surface area contributed by atoms with Gasteiger partial charge in [0.25, 0.3) is 0 Å². The quantitative estimate of drug-likeness (QED) is 0.298. The Balaban J connectivity index is 1.49. The van der Waals surface area contributed by atoms with E-state index in [0.717, 1.165) is 40.2 Å². The maximum absolute atomic E-state index is 12.9. The van der Waals surface area contributed by atoms with Crippen LogP contribution in [0.5, 0.6) is 0 Å². The summed E-state index contributed by atoms with van der Waals surface area (Å²) < 4.78 is 2.08. The Kier molecular flexibility index (Phi) is 7.71. The van der Waals surface area contributed by atoms with Crippen LogP contribution in [-0.2, 0) is 24.2 Å². The van der Waals surface area contributed by atoms with Crippen LogP contribution in [0.15, 0.2) is 54.2 Å². The van der Waals surface area contributed by atoms with E-state index >= 15 is 0 Å². The second kappa shape index (κ2) is 10.7. The Morgan fingerprint density at radius 2 is 2.12 bits per heavy atom. The lowest BCUT2D eigenvalue weighted by Crippen LogP contribution is -2.33. The van der Waals surface area contributed by atoms with Gasteiger partial charge in [-0.3, -0.25) is 9.36 Å². The Hall–Kier alpha value is -2.38. The van der Waals surface area contributed by atoms with Crippen molar-refractivity contribution in [3.8, 4) is 10.7 Å². The van der Waals surface area contributed by atoms with E-state index in [1.165, 1.54) is 35.0 Å². The highest BCUT2D eigenvalue weighted by molar-refractivity contribution is 8.00. The molecule has 7 heteroatoms. The summed E-state index contributed by atoms with van der Waals surface area (Å²) in [6.07, 6.45) is 6.70. The summed E-state index contributed by atoms with van der Waals surface area (Å²) in [4.78, 5) is 15.5. The van der Waals surface area contributed by atoms with E-state index in [9.17, 15) is 4.79 Å². The predicted molar refractivity (Wildman–Crippen MR) is 138 cm³/mol. The van der Waals surface area contributed by atoms with Crippen molar-refractivity contribution in [1.29, 1.82) is 0 Å². The largest absolute Gasteiger partial charge is 0.349 e. The van der Waals surface area contributed by atoms with E-state index in [4.69, 9.17) is 0 Å². The number of carbonyl (C=O) groups excluding carboxylic acids is 1. The Morgan fingerprint density at radius 3 is 2.85 bits per heavy atom. The van der Waals surface area contributed by atoms with Gasteiger partial charge in [0.1, 0.15) is 0 Å². The summed E-state index contributed by atoms with van der Waals surface area (Å²) in [5.41, 5.74) is 2.56. The number of aryl methyl sites for hydroxylation is 1. The number of thiophene rings is 1. The molecule has 1 aliphatic carbocycles. The summed E-state index contributed by atoms with van der Waals surface area (Å²) in [6, 6.07) is 12.3. The first-order chi connectivity index (χ1) is 16.0. The van der Waals surface area contributed by atoms with Crippen LogP contribution >= 0.6 is 23.1 Å². The number of aromatic nitrogens is 3. The summed E-state index contributed by atoms with van der Waals surface area (Å²) in [6.45, 7) is 10.7. The zero-order chi connectivity index (χ0) is 23.4. The minimum Gasteiger partial charge on any atom is -0.349 e. The van der Waals surface area contributed by atoms with Crippen molar-refractivity contribution in [3.05, 3.63) is 65.1 Å². The van der Waals surface area contributed by atoms with E-state index in [1.807, 2.05) is 61.6 Å². The van der Waals surface area contributed by atoms with Gasteiger partial charge in [0.05, 0.1) is 16.2 Å². The van der Waals surface area contributed by atoms with Gasteiger partial charge in [-0.2, -0.15) is 0 Å².